The van der Waals surface area contributed by atoms with Gasteiger partial charge in [0.2, 0.25) is 0 Å². The van der Waals surface area contributed by atoms with Crippen molar-refractivity contribution in [1.29, 1.82) is 0 Å². The number of thiazole rings is 1. The quantitative estimate of drug-likeness (QED) is 0.390. The van der Waals surface area contributed by atoms with E-state index in [0.717, 1.165) is 23.1 Å². The highest BCUT2D eigenvalue weighted by atomic mass is 35.5. The minimum atomic E-state index is -4.70. The zero-order chi connectivity index (χ0) is 25.0. The number of rotatable bonds is 6. The third-order valence-electron chi connectivity index (χ3n) is 4.44. The number of alkyl halides is 3. The summed E-state index contributed by atoms with van der Waals surface area (Å²) in [5.74, 6) is -1.51. The van der Waals surface area contributed by atoms with E-state index in [2.05, 4.69) is 35.6 Å². The Bertz CT molecular complexity index is 1380. The summed E-state index contributed by atoms with van der Waals surface area (Å²) in [5, 5.41) is 4.73. The predicted octanol–water partition coefficient (Wildman–Crippen LogP) is 4.24. The lowest BCUT2D eigenvalue weighted by molar-refractivity contribution is -0.137. The van der Waals surface area contributed by atoms with E-state index in [1.54, 1.807) is 24.5 Å². The monoisotopic (exact) mass is 519 g/mol. The molecule has 4 aromatic rings. The lowest BCUT2D eigenvalue weighted by Gasteiger charge is -2.10. The van der Waals surface area contributed by atoms with Crippen molar-refractivity contribution in [3.8, 4) is 11.3 Å². The molecule has 0 spiro atoms. The van der Waals surface area contributed by atoms with Gasteiger partial charge in [0, 0.05) is 24.2 Å². The minimum Gasteiger partial charge on any atom is -0.344 e. The highest BCUT2D eigenvalue weighted by Gasteiger charge is 2.34. The topological polar surface area (TPSA) is 123 Å². The smallest absolute Gasteiger partial charge is 0.344 e. The van der Waals surface area contributed by atoms with Crippen LogP contribution in [0.4, 0.5) is 19.0 Å². The number of hydrogen-bond acceptors (Lipinski definition) is 8. The van der Waals surface area contributed by atoms with Gasteiger partial charge in [0.05, 0.1) is 29.0 Å². The van der Waals surface area contributed by atoms with Crippen LogP contribution in [-0.2, 0) is 12.7 Å². The van der Waals surface area contributed by atoms with E-state index in [1.165, 1.54) is 18.6 Å². The van der Waals surface area contributed by atoms with E-state index in [9.17, 15) is 22.8 Å². The largest absolute Gasteiger partial charge is 0.418 e. The fourth-order valence-corrected chi connectivity index (χ4v) is 3.76. The van der Waals surface area contributed by atoms with Crippen LogP contribution in [0.5, 0.6) is 0 Å². The van der Waals surface area contributed by atoms with Gasteiger partial charge in [-0.3, -0.25) is 14.6 Å². The molecule has 0 unspecified atom stereocenters. The van der Waals surface area contributed by atoms with Crippen LogP contribution in [0.2, 0.25) is 5.02 Å². The molecule has 2 N–H and O–H groups in total. The number of halogens is 4. The molecule has 14 heteroatoms. The summed E-state index contributed by atoms with van der Waals surface area (Å²) >= 11 is 6.49. The lowest BCUT2D eigenvalue weighted by atomic mass is 10.2. The van der Waals surface area contributed by atoms with E-state index in [0.29, 0.717) is 16.8 Å². The first-order chi connectivity index (χ1) is 16.7. The highest BCUT2D eigenvalue weighted by molar-refractivity contribution is 7.13. The van der Waals surface area contributed by atoms with E-state index in [4.69, 9.17) is 11.6 Å². The first-order valence-corrected chi connectivity index (χ1v) is 10.9. The van der Waals surface area contributed by atoms with Crippen LogP contribution in [0.1, 0.15) is 30.7 Å². The number of amides is 2. The summed E-state index contributed by atoms with van der Waals surface area (Å²) in [5.41, 5.74) is 0.254. The molecule has 0 aliphatic rings. The molecule has 35 heavy (non-hydrogen) atoms. The second-order valence-corrected chi connectivity index (χ2v) is 8.35. The van der Waals surface area contributed by atoms with Gasteiger partial charge in [0.25, 0.3) is 11.8 Å². The Labute approximate surface area is 204 Å². The Morgan fingerprint density at radius 3 is 2.60 bits per heavy atom. The average molecular weight is 520 g/mol. The molecule has 2 amide bonds. The van der Waals surface area contributed by atoms with Crippen molar-refractivity contribution in [1.82, 2.24) is 30.2 Å². The van der Waals surface area contributed by atoms with Gasteiger partial charge in [0.1, 0.15) is 27.7 Å². The standard InChI is InChI=1S/C21H13ClF3N7O2S/c22-13-7-27-17(4-12(13)21(23,24)25)32-20(34)16-8-28-18(35-16)9-29-19(33)15-5-14(30-10-31-15)11-2-1-3-26-6-11/h1-8,10H,9H2,(H,29,33)(H,27,32,34). The Morgan fingerprint density at radius 2 is 1.86 bits per heavy atom. The Hall–Kier alpha value is -3.97. The van der Waals surface area contributed by atoms with Crippen molar-refractivity contribution >= 4 is 40.6 Å². The van der Waals surface area contributed by atoms with Gasteiger partial charge in [-0.2, -0.15) is 13.2 Å². The third kappa shape index (κ3) is 5.94. The number of aromatic nitrogens is 5. The van der Waals surface area contributed by atoms with Crippen molar-refractivity contribution in [3.05, 3.63) is 81.5 Å². The summed E-state index contributed by atoms with van der Waals surface area (Å²) in [6.45, 7) is 0.000422. The number of anilines is 1. The van der Waals surface area contributed by atoms with Crippen molar-refractivity contribution in [2.75, 3.05) is 5.32 Å². The molecule has 0 atom stereocenters. The zero-order valence-electron chi connectivity index (χ0n) is 17.4. The van der Waals surface area contributed by atoms with Crippen molar-refractivity contribution in [3.63, 3.8) is 0 Å². The van der Waals surface area contributed by atoms with E-state index in [1.807, 2.05) is 0 Å². The molecule has 0 saturated carbocycles. The van der Waals surface area contributed by atoms with Crippen molar-refractivity contribution < 1.29 is 22.8 Å². The number of nitrogens with zero attached hydrogens (tertiary/aromatic N) is 5. The van der Waals surface area contributed by atoms with Crippen LogP contribution in [0.3, 0.4) is 0 Å². The van der Waals surface area contributed by atoms with Gasteiger partial charge in [-0.05, 0) is 24.3 Å². The van der Waals surface area contributed by atoms with Gasteiger partial charge >= 0.3 is 6.18 Å². The molecular formula is C21H13ClF3N7O2S. The number of pyridine rings is 2. The normalized spacial score (nSPS) is 11.2. The maximum Gasteiger partial charge on any atom is 0.418 e. The van der Waals surface area contributed by atoms with Gasteiger partial charge < -0.3 is 10.6 Å². The van der Waals surface area contributed by atoms with Crippen molar-refractivity contribution in [2.45, 2.75) is 12.7 Å². The molecule has 4 heterocycles. The molecular weight excluding hydrogens is 507 g/mol. The maximum atomic E-state index is 13.0. The maximum absolute atomic E-state index is 13.0. The van der Waals surface area contributed by atoms with E-state index >= 15 is 0 Å². The first kappa shape index (κ1) is 24.2. The molecule has 0 aromatic carbocycles. The molecule has 178 valence electrons. The molecule has 4 aromatic heterocycles. The van der Waals surface area contributed by atoms with Gasteiger partial charge in [-0.15, -0.1) is 11.3 Å². The van der Waals surface area contributed by atoms with Crippen LogP contribution in [0.15, 0.2) is 55.4 Å². The van der Waals surface area contributed by atoms with E-state index < -0.39 is 28.6 Å². The third-order valence-corrected chi connectivity index (χ3v) is 5.73. The number of hydrogen-bond donors (Lipinski definition) is 2. The summed E-state index contributed by atoms with van der Waals surface area (Å²) in [6.07, 6.45) is 1.84. The van der Waals surface area contributed by atoms with Gasteiger partial charge in [-0.25, -0.2) is 19.9 Å². The van der Waals surface area contributed by atoms with Gasteiger partial charge in [0.15, 0.2) is 0 Å². The molecule has 0 radical (unpaired) electrons. The number of nitrogens with one attached hydrogen (secondary N) is 2. The number of carbonyl (C=O) groups excluding carboxylic acids is 2. The number of carbonyl (C=O) groups is 2. The summed E-state index contributed by atoms with van der Waals surface area (Å²) < 4.78 is 39.0. The second kappa shape index (κ2) is 10.1. The zero-order valence-corrected chi connectivity index (χ0v) is 18.9. The van der Waals surface area contributed by atoms with E-state index in [-0.39, 0.29) is 22.9 Å². The minimum absolute atomic E-state index is 0.000422. The summed E-state index contributed by atoms with van der Waals surface area (Å²) in [7, 11) is 0. The van der Waals surface area contributed by atoms with Crippen LogP contribution < -0.4 is 10.6 Å². The SMILES string of the molecule is O=C(NCc1ncc(C(=O)Nc2cc(C(F)(F)F)c(Cl)cn2)s1)c1cc(-c2cccnc2)ncn1. The van der Waals surface area contributed by atoms with Crippen LogP contribution in [0.25, 0.3) is 11.3 Å². The van der Waals surface area contributed by atoms with Gasteiger partial charge in [-0.1, -0.05) is 11.6 Å². The Kier molecular flexibility index (Phi) is 6.98. The Morgan fingerprint density at radius 1 is 1.03 bits per heavy atom. The highest BCUT2D eigenvalue weighted by Crippen LogP contribution is 2.35. The molecule has 0 bridgehead atoms. The van der Waals surface area contributed by atoms with Crippen LogP contribution >= 0.6 is 22.9 Å². The predicted molar refractivity (Wildman–Crippen MR) is 121 cm³/mol. The molecule has 0 aliphatic heterocycles. The fraction of sp³-hybridized carbons (Fsp3) is 0.0952. The van der Waals surface area contributed by atoms with Crippen molar-refractivity contribution in [2.24, 2.45) is 0 Å². The average Bonchev–Trinajstić information content (AvgIpc) is 3.33. The fourth-order valence-electron chi connectivity index (χ4n) is 2.80. The lowest BCUT2D eigenvalue weighted by Crippen LogP contribution is -2.23. The molecule has 0 fully saturated rings. The second-order valence-electron chi connectivity index (χ2n) is 6.83. The summed E-state index contributed by atoms with van der Waals surface area (Å²) in [6, 6.07) is 5.69. The molecule has 9 nitrogen and oxygen atoms in total. The van der Waals surface area contributed by atoms with Crippen LogP contribution in [-0.4, -0.2) is 36.7 Å². The molecule has 0 aliphatic carbocycles. The summed E-state index contributed by atoms with van der Waals surface area (Å²) in [4.78, 5) is 44.9. The Balaban J connectivity index is 1.38. The van der Waals surface area contributed by atoms with Crippen LogP contribution in [0, 0.1) is 0 Å². The first-order valence-electron chi connectivity index (χ1n) is 9.70. The molecule has 4 rings (SSSR count). The molecule has 0 saturated heterocycles.